The molecule has 0 fully saturated rings. The first kappa shape index (κ1) is 24.3. The van der Waals surface area contributed by atoms with Crippen molar-refractivity contribution in [1.29, 1.82) is 0 Å². The van der Waals surface area contributed by atoms with E-state index in [1.54, 1.807) is 14.2 Å². The second kappa shape index (κ2) is 12.1. The Hall–Kier alpha value is -2.31. The highest BCUT2D eigenvalue weighted by atomic mass is 31.2. The zero-order chi connectivity index (χ0) is 22.8. The smallest absolute Gasteiger partial charge is 0.176 e. The minimum absolute atomic E-state index is 0.484. The first-order chi connectivity index (χ1) is 15.6. The van der Waals surface area contributed by atoms with Crippen molar-refractivity contribution in [1.82, 2.24) is 5.09 Å². The Bertz CT molecular complexity index is 884. The van der Waals surface area contributed by atoms with Crippen molar-refractivity contribution >= 4 is 8.45 Å². The molecular weight excluding hydrogens is 423 g/mol. The van der Waals surface area contributed by atoms with Crippen LogP contribution in [0.1, 0.15) is 29.5 Å². The Morgan fingerprint density at radius 3 is 1.88 bits per heavy atom. The normalized spacial score (nSPS) is 13.5. The van der Waals surface area contributed by atoms with E-state index in [1.807, 2.05) is 60.7 Å². The molecule has 3 rings (SSSR count). The Labute approximate surface area is 191 Å². The van der Waals surface area contributed by atoms with Crippen molar-refractivity contribution in [2.45, 2.75) is 24.7 Å². The lowest BCUT2D eigenvalue weighted by molar-refractivity contribution is -0.179. The molecule has 0 aliphatic heterocycles. The summed E-state index contributed by atoms with van der Waals surface area (Å²) in [6.45, 7) is 0.578. The van der Waals surface area contributed by atoms with Gasteiger partial charge in [0.05, 0.1) is 7.11 Å². The summed E-state index contributed by atoms with van der Waals surface area (Å²) in [6, 6.07) is 28.2. The minimum atomic E-state index is -1.62. The molecule has 0 radical (unpaired) electrons. The topological polar surface area (TPSA) is 86.0 Å². The van der Waals surface area contributed by atoms with Crippen LogP contribution in [0, 0.1) is 0 Å². The number of rotatable bonds is 12. The third-order valence-corrected chi connectivity index (χ3v) is 5.87. The van der Waals surface area contributed by atoms with E-state index in [-0.39, 0.29) is 0 Å². The zero-order valence-corrected chi connectivity index (χ0v) is 19.4. The first-order valence-corrected chi connectivity index (χ1v) is 11.9. The van der Waals surface area contributed by atoms with Gasteiger partial charge < -0.3 is 19.1 Å². The van der Waals surface area contributed by atoms with Gasteiger partial charge in [-0.2, -0.15) is 0 Å². The summed E-state index contributed by atoms with van der Waals surface area (Å²) in [5.74, 6) is 0.778. The molecule has 170 valence electrons. The molecule has 6 nitrogen and oxygen atoms in total. The van der Waals surface area contributed by atoms with Gasteiger partial charge >= 0.3 is 0 Å². The van der Waals surface area contributed by atoms with Crippen LogP contribution in [-0.2, 0) is 15.1 Å². The van der Waals surface area contributed by atoms with Crippen molar-refractivity contribution in [2.24, 2.45) is 5.50 Å². The van der Waals surface area contributed by atoms with Crippen LogP contribution in [0.2, 0.25) is 0 Å². The number of nitrogens with two attached hydrogens (primary N) is 1. The van der Waals surface area contributed by atoms with Gasteiger partial charge in [-0.05, 0) is 41.7 Å². The van der Waals surface area contributed by atoms with Crippen molar-refractivity contribution in [2.75, 3.05) is 20.8 Å². The lowest BCUT2D eigenvalue weighted by Crippen LogP contribution is -2.38. The molecule has 0 bridgehead atoms. The van der Waals surface area contributed by atoms with Crippen molar-refractivity contribution in [3.8, 4) is 5.75 Å². The molecule has 3 aromatic carbocycles. The molecule has 2 unspecified atom stereocenters. The number of ether oxygens (including phenoxy) is 3. The van der Waals surface area contributed by atoms with E-state index in [1.165, 1.54) is 0 Å². The van der Waals surface area contributed by atoms with E-state index in [0.717, 1.165) is 28.9 Å². The molecule has 0 aliphatic rings. The molecule has 0 amide bonds. The van der Waals surface area contributed by atoms with E-state index in [2.05, 4.69) is 29.4 Å². The maximum absolute atomic E-state index is 9.31. The quantitative estimate of drug-likeness (QED) is 0.161. The van der Waals surface area contributed by atoms with Crippen molar-refractivity contribution in [3.63, 3.8) is 0 Å². The molecular formula is C25H31N2O4P. The Morgan fingerprint density at radius 2 is 1.41 bits per heavy atom. The minimum Gasteiger partial charge on any atom is -0.497 e. The fraction of sp³-hybridized carbons (Fsp3) is 0.280. The standard InChI is InChI=1S/C25H31N2O4P/c1-29-23-17-15-22(16-18-23)25(20-10-5-3-6-11-20,21-12-7-4-8-13-21)31-24(30-2)14-9-19-27-32(26)28/h3-8,10-13,15-18,24,27-28H,9,14,19,26H2,1-2H3. The SMILES string of the molecule is COc1ccc(C(OC(CCCNP(N)O)OC)(c2ccccc2)c2ccccc2)cc1. The van der Waals surface area contributed by atoms with Gasteiger partial charge in [-0.1, -0.05) is 72.8 Å². The van der Waals surface area contributed by atoms with E-state index >= 15 is 0 Å². The van der Waals surface area contributed by atoms with Gasteiger partial charge in [-0.25, -0.2) is 0 Å². The number of methoxy groups -OCH3 is 2. The maximum atomic E-state index is 9.31. The third kappa shape index (κ3) is 5.93. The second-order valence-corrected chi connectivity index (χ2v) is 8.33. The molecule has 0 aliphatic carbocycles. The number of nitrogens with one attached hydrogen (secondary N) is 1. The maximum Gasteiger partial charge on any atom is 0.176 e. The third-order valence-electron chi connectivity index (χ3n) is 5.32. The van der Waals surface area contributed by atoms with Crippen LogP contribution in [0.4, 0.5) is 0 Å². The van der Waals surface area contributed by atoms with Crippen molar-refractivity contribution < 1.29 is 19.1 Å². The summed E-state index contributed by atoms with van der Waals surface area (Å²) < 4.78 is 18.0. The van der Waals surface area contributed by atoms with E-state index in [0.29, 0.717) is 13.0 Å². The van der Waals surface area contributed by atoms with Gasteiger partial charge in [0, 0.05) is 13.7 Å². The highest BCUT2D eigenvalue weighted by Gasteiger charge is 2.40. The summed E-state index contributed by atoms with van der Waals surface area (Å²) in [5.41, 5.74) is 7.51. The number of benzene rings is 3. The van der Waals surface area contributed by atoms with Crippen molar-refractivity contribution in [3.05, 3.63) is 102 Å². The molecule has 2 atom stereocenters. The Balaban J connectivity index is 2.06. The Kier molecular flexibility index (Phi) is 9.18. The molecule has 32 heavy (non-hydrogen) atoms. The van der Waals surface area contributed by atoms with Gasteiger partial charge in [0.1, 0.15) is 11.4 Å². The van der Waals surface area contributed by atoms with Gasteiger partial charge in [-0.15, -0.1) is 0 Å². The zero-order valence-electron chi connectivity index (χ0n) is 18.5. The van der Waals surface area contributed by atoms with E-state index in [9.17, 15) is 4.89 Å². The number of hydrogen-bond acceptors (Lipinski definition) is 6. The van der Waals surface area contributed by atoms with Crippen LogP contribution < -0.4 is 15.3 Å². The van der Waals surface area contributed by atoms with Gasteiger partial charge in [0.15, 0.2) is 14.7 Å². The molecule has 0 saturated carbocycles. The fourth-order valence-corrected chi connectivity index (χ4v) is 4.15. The monoisotopic (exact) mass is 454 g/mol. The molecule has 0 spiro atoms. The lowest BCUT2D eigenvalue weighted by atomic mass is 9.80. The van der Waals surface area contributed by atoms with Crippen LogP contribution >= 0.6 is 8.45 Å². The molecule has 0 aromatic heterocycles. The first-order valence-electron chi connectivity index (χ1n) is 10.5. The van der Waals surface area contributed by atoms with Crippen LogP contribution in [0.5, 0.6) is 5.75 Å². The summed E-state index contributed by atoms with van der Waals surface area (Å²) in [5, 5.41) is 2.87. The predicted octanol–water partition coefficient (Wildman–Crippen LogP) is 4.52. The summed E-state index contributed by atoms with van der Waals surface area (Å²) in [4.78, 5) is 9.31. The largest absolute Gasteiger partial charge is 0.497 e. The average molecular weight is 455 g/mol. The highest BCUT2D eigenvalue weighted by Crippen LogP contribution is 2.42. The average Bonchev–Trinajstić information content (AvgIpc) is 2.85. The number of hydrogen-bond donors (Lipinski definition) is 3. The van der Waals surface area contributed by atoms with E-state index in [4.69, 9.17) is 19.7 Å². The van der Waals surface area contributed by atoms with Gasteiger partial charge in [0.2, 0.25) is 0 Å². The van der Waals surface area contributed by atoms with E-state index < -0.39 is 20.3 Å². The molecule has 7 heteroatoms. The summed E-state index contributed by atoms with van der Waals surface area (Å²) >= 11 is 0. The van der Waals surface area contributed by atoms with Crippen LogP contribution in [-0.4, -0.2) is 31.9 Å². The fourth-order valence-electron chi connectivity index (χ4n) is 3.76. The predicted molar refractivity (Wildman–Crippen MR) is 128 cm³/mol. The van der Waals surface area contributed by atoms with Gasteiger partial charge in [-0.3, -0.25) is 10.6 Å². The second-order valence-electron chi connectivity index (χ2n) is 7.32. The van der Waals surface area contributed by atoms with Crippen LogP contribution in [0.15, 0.2) is 84.9 Å². The van der Waals surface area contributed by atoms with Gasteiger partial charge in [0.25, 0.3) is 0 Å². The molecule has 3 aromatic rings. The molecule has 0 heterocycles. The highest BCUT2D eigenvalue weighted by molar-refractivity contribution is 7.46. The van der Waals surface area contributed by atoms with Crippen LogP contribution in [0.3, 0.4) is 0 Å². The summed E-state index contributed by atoms with van der Waals surface area (Å²) in [6.07, 6.45) is 0.878. The molecule has 0 saturated heterocycles. The lowest BCUT2D eigenvalue weighted by Gasteiger charge is -2.38. The molecule has 4 N–H and O–H groups in total. The Morgan fingerprint density at radius 1 is 0.875 bits per heavy atom. The summed E-state index contributed by atoms with van der Waals surface area (Å²) in [7, 11) is 1.68. The van der Waals surface area contributed by atoms with Crippen LogP contribution in [0.25, 0.3) is 0 Å².